The zero-order valence-corrected chi connectivity index (χ0v) is 11.2. The third-order valence-electron chi connectivity index (χ3n) is 3.15. The third-order valence-corrected chi connectivity index (χ3v) is 3.15. The van der Waals surface area contributed by atoms with E-state index in [1.165, 1.54) is 0 Å². The predicted octanol–water partition coefficient (Wildman–Crippen LogP) is 1.79. The Morgan fingerprint density at radius 3 is 2.63 bits per heavy atom. The topological polar surface area (TPSA) is 40.5 Å². The van der Waals surface area contributed by atoms with Crippen LogP contribution in [-0.4, -0.2) is 29.6 Å². The zero-order chi connectivity index (χ0) is 13.7. The number of nitrogens with zero attached hydrogens (tertiary/aromatic N) is 1. The van der Waals surface area contributed by atoms with Gasteiger partial charge in [-0.15, -0.1) is 0 Å². The highest BCUT2D eigenvalue weighted by atomic mass is 16.2. The maximum absolute atomic E-state index is 11.8. The molecule has 1 fully saturated rings. The van der Waals surface area contributed by atoms with Crippen molar-refractivity contribution in [2.24, 2.45) is 5.92 Å². The van der Waals surface area contributed by atoms with Gasteiger partial charge in [-0.2, -0.15) is 0 Å². The minimum absolute atomic E-state index is 0.0964. The van der Waals surface area contributed by atoms with E-state index in [1.54, 1.807) is 4.90 Å². The highest BCUT2D eigenvalue weighted by molar-refractivity contribution is 5.80. The number of carbonyl (C=O) groups is 1. The number of rotatable bonds is 4. The molecule has 1 N–H and O–H groups in total. The summed E-state index contributed by atoms with van der Waals surface area (Å²) in [5.74, 6) is 6.40. The summed E-state index contributed by atoms with van der Waals surface area (Å²) in [6.07, 6.45) is 2.59. The fraction of sp³-hybridized carbons (Fsp3) is 0.438. The highest BCUT2D eigenvalue weighted by Crippen LogP contribution is 2.30. The van der Waals surface area contributed by atoms with Gasteiger partial charge in [-0.3, -0.25) is 4.79 Å². The molecule has 0 bridgehead atoms. The van der Waals surface area contributed by atoms with Crippen LogP contribution < -0.4 is 0 Å². The molecule has 1 aliphatic carbocycles. The summed E-state index contributed by atoms with van der Waals surface area (Å²) < 4.78 is 0. The number of carbonyl (C=O) groups excluding carboxylic acids is 1. The largest absolute Gasteiger partial charge is 0.395 e. The molecule has 1 aliphatic rings. The Morgan fingerprint density at radius 2 is 2.05 bits per heavy atom. The molecule has 0 aliphatic heterocycles. The molecule has 0 heterocycles. The van der Waals surface area contributed by atoms with E-state index in [1.807, 2.05) is 31.3 Å². The molecule has 3 nitrogen and oxygen atoms in total. The quantitative estimate of drug-likeness (QED) is 0.835. The van der Waals surface area contributed by atoms with Crippen molar-refractivity contribution < 1.29 is 9.90 Å². The van der Waals surface area contributed by atoms with Gasteiger partial charge in [-0.05, 0) is 30.5 Å². The first-order chi connectivity index (χ1) is 9.20. The second kappa shape index (κ2) is 6.40. The molecule has 0 saturated heterocycles. The molecule has 0 atom stereocenters. The lowest BCUT2D eigenvalue weighted by Gasteiger charge is -2.16. The van der Waals surface area contributed by atoms with E-state index in [2.05, 4.69) is 11.8 Å². The van der Waals surface area contributed by atoms with Gasteiger partial charge in [0.25, 0.3) is 0 Å². The summed E-state index contributed by atoms with van der Waals surface area (Å²) >= 11 is 0. The normalized spacial score (nSPS) is 13.6. The molecule has 100 valence electrons. The second-order valence-corrected chi connectivity index (χ2v) is 4.94. The molecule has 3 heteroatoms. The molecular weight excluding hydrogens is 238 g/mol. The van der Waals surface area contributed by atoms with Crippen LogP contribution in [0.4, 0.5) is 0 Å². The van der Waals surface area contributed by atoms with Crippen molar-refractivity contribution >= 4 is 5.91 Å². The first kappa shape index (κ1) is 13.6. The lowest BCUT2D eigenvalue weighted by atomic mass is 10.1. The summed E-state index contributed by atoms with van der Waals surface area (Å²) in [6.45, 7) is 0.749. The molecule has 2 rings (SSSR count). The van der Waals surface area contributed by atoms with Gasteiger partial charge >= 0.3 is 0 Å². The molecule has 0 unspecified atom stereocenters. The maximum Gasteiger partial charge on any atom is 0.225 e. The number of hydrogen-bond acceptors (Lipinski definition) is 2. The van der Waals surface area contributed by atoms with E-state index in [9.17, 15) is 4.79 Å². The van der Waals surface area contributed by atoms with Gasteiger partial charge in [0.2, 0.25) is 5.91 Å². The van der Waals surface area contributed by atoms with Gasteiger partial charge in [0.05, 0.1) is 6.61 Å². The number of benzene rings is 1. The Kier molecular flexibility index (Phi) is 4.59. The Balaban J connectivity index is 1.91. The minimum Gasteiger partial charge on any atom is -0.395 e. The summed E-state index contributed by atoms with van der Waals surface area (Å²) in [7, 11) is 1.86. The van der Waals surface area contributed by atoms with Crippen LogP contribution in [0, 0.1) is 17.8 Å². The smallest absolute Gasteiger partial charge is 0.225 e. The molecular formula is C16H19NO2. The maximum atomic E-state index is 11.8. The van der Waals surface area contributed by atoms with Gasteiger partial charge < -0.3 is 10.0 Å². The van der Waals surface area contributed by atoms with Crippen molar-refractivity contribution in [2.75, 3.05) is 13.7 Å². The molecule has 0 spiro atoms. The molecule has 1 saturated carbocycles. The van der Waals surface area contributed by atoms with Crippen molar-refractivity contribution in [1.29, 1.82) is 0 Å². The number of amides is 1. The van der Waals surface area contributed by atoms with Crippen LogP contribution in [-0.2, 0) is 11.3 Å². The average molecular weight is 257 g/mol. The molecule has 1 aromatic carbocycles. The Morgan fingerprint density at radius 1 is 1.37 bits per heavy atom. The molecule has 1 aromatic rings. The van der Waals surface area contributed by atoms with Crippen molar-refractivity contribution in [3.8, 4) is 11.8 Å². The predicted molar refractivity (Wildman–Crippen MR) is 74.2 cm³/mol. The standard InChI is InChI=1S/C16H19NO2/c1-17(16(19)15-9-10-15)12-14-7-5-13(6-8-14)4-2-3-11-18/h5-8,15,18H,3,9-12H2,1H3. The van der Waals surface area contributed by atoms with Gasteiger partial charge in [-0.25, -0.2) is 0 Å². The van der Waals surface area contributed by atoms with Gasteiger partial charge in [-0.1, -0.05) is 24.0 Å². The lowest BCUT2D eigenvalue weighted by Crippen LogP contribution is -2.27. The van der Waals surface area contributed by atoms with Gasteiger partial charge in [0.15, 0.2) is 0 Å². The molecule has 0 aromatic heterocycles. The van der Waals surface area contributed by atoms with Crippen LogP contribution in [0.1, 0.15) is 30.4 Å². The first-order valence-corrected chi connectivity index (χ1v) is 6.64. The van der Waals surface area contributed by atoms with Crippen LogP contribution >= 0.6 is 0 Å². The number of aliphatic hydroxyl groups excluding tert-OH is 1. The van der Waals surface area contributed by atoms with Crippen molar-refractivity contribution in [2.45, 2.75) is 25.8 Å². The minimum atomic E-state index is 0.0964. The zero-order valence-electron chi connectivity index (χ0n) is 11.2. The van der Waals surface area contributed by atoms with Crippen LogP contribution in [0.5, 0.6) is 0 Å². The van der Waals surface area contributed by atoms with Crippen molar-refractivity contribution in [1.82, 2.24) is 4.90 Å². The number of hydrogen-bond donors (Lipinski definition) is 1. The van der Waals surface area contributed by atoms with E-state index in [0.717, 1.165) is 24.0 Å². The Labute approximate surface area is 114 Å². The SMILES string of the molecule is CN(Cc1ccc(C#CCCO)cc1)C(=O)C1CC1. The average Bonchev–Trinajstić information content (AvgIpc) is 3.24. The summed E-state index contributed by atoms with van der Waals surface area (Å²) in [6, 6.07) is 7.91. The fourth-order valence-corrected chi connectivity index (χ4v) is 1.91. The van der Waals surface area contributed by atoms with E-state index >= 15 is 0 Å². The van der Waals surface area contributed by atoms with E-state index in [0.29, 0.717) is 13.0 Å². The van der Waals surface area contributed by atoms with Crippen molar-refractivity contribution in [3.05, 3.63) is 35.4 Å². The summed E-state index contributed by atoms with van der Waals surface area (Å²) in [5, 5.41) is 8.65. The molecule has 1 amide bonds. The van der Waals surface area contributed by atoms with Gasteiger partial charge in [0.1, 0.15) is 0 Å². The van der Waals surface area contributed by atoms with Crippen LogP contribution in [0.25, 0.3) is 0 Å². The summed E-state index contributed by atoms with van der Waals surface area (Å²) in [5.41, 5.74) is 2.05. The van der Waals surface area contributed by atoms with E-state index in [-0.39, 0.29) is 18.4 Å². The lowest BCUT2D eigenvalue weighted by molar-refractivity contribution is -0.131. The van der Waals surface area contributed by atoms with Gasteiger partial charge in [0, 0.05) is 31.5 Å². The second-order valence-electron chi connectivity index (χ2n) is 4.94. The Hall–Kier alpha value is -1.79. The van der Waals surface area contributed by atoms with E-state index in [4.69, 9.17) is 5.11 Å². The van der Waals surface area contributed by atoms with Crippen LogP contribution in [0.2, 0.25) is 0 Å². The van der Waals surface area contributed by atoms with Crippen LogP contribution in [0.15, 0.2) is 24.3 Å². The van der Waals surface area contributed by atoms with Crippen molar-refractivity contribution in [3.63, 3.8) is 0 Å². The number of aliphatic hydroxyl groups is 1. The monoisotopic (exact) mass is 257 g/mol. The van der Waals surface area contributed by atoms with Crippen LogP contribution in [0.3, 0.4) is 0 Å². The Bertz CT molecular complexity index is 492. The third kappa shape index (κ3) is 4.11. The summed E-state index contributed by atoms with van der Waals surface area (Å²) in [4.78, 5) is 13.6. The molecule has 0 radical (unpaired) electrons. The first-order valence-electron chi connectivity index (χ1n) is 6.64. The van der Waals surface area contributed by atoms with E-state index < -0.39 is 0 Å². The fourth-order valence-electron chi connectivity index (χ4n) is 1.91. The molecule has 19 heavy (non-hydrogen) atoms. The highest BCUT2D eigenvalue weighted by Gasteiger charge is 2.31.